The fourth-order valence-corrected chi connectivity index (χ4v) is 3.48. The molecule has 0 aliphatic carbocycles. The van der Waals surface area contributed by atoms with Crippen molar-refractivity contribution in [3.8, 4) is 0 Å². The molecule has 1 rings (SSSR count). The number of hydrogen-bond donors (Lipinski definition) is 7. The first-order chi connectivity index (χ1) is 16.1. The maximum absolute atomic E-state index is 12.9. The molecule has 0 aliphatic rings. The smallest absolute Gasteiger partial charge is 0.326 e. The molecule has 0 fully saturated rings. The second-order valence-corrected chi connectivity index (χ2v) is 8.73. The summed E-state index contributed by atoms with van der Waals surface area (Å²) in [5.41, 5.74) is 6.27. The minimum atomic E-state index is -1.49. The van der Waals surface area contributed by atoms with Gasteiger partial charge in [0.2, 0.25) is 17.7 Å². The number of aliphatic carboxylic acids is 2. The van der Waals surface area contributed by atoms with E-state index in [1.165, 1.54) is 11.8 Å². The molecular weight excluding hydrogens is 484 g/mol. The van der Waals surface area contributed by atoms with E-state index in [2.05, 4.69) is 28.6 Å². The number of hydrogen-bond acceptors (Lipinski definition) is 8. The summed E-state index contributed by atoms with van der Waals surface area (Å²) in [6.07, 6.45) is 1.24. The van der Waals surface area contributed by atoms with Crippen molar-refractivity contribution in [3.63, 3.8) is 0 Å². The standard InChI is InChI=1S/C21H30N4O7S2/c1-34-8-7-14(19(29)25-16(21(31)32)9-12-5-3-2-4-6-12)23-20(30)15(10-17(26)27)24-18(28)13(22)11-33/h2-6,13-16,33H,7-11,22H2,1H3,(H,23,30)(H,24,28)(H,25,29)(H,26,27)(H,31,32). The van der Waals surface area contributed by atoms with E-state index in [0.29, 0.717) is 11.3 Å². The van der Waals surface area contributed by atoms with Crippen LogP contribution in [0, 0.1) is 0 Å². The van der Waals surface area contributed by atoms with E-state index in [1.54, 1.807) is 36.6 Å². The summed E-state index contributed by atoms with van der Waals surface area (Å²) in [7, 11) is 0. The summed E-state index contributed by atoms with van der Waals surface area (Å²) in [4.78, 5) is 60.6. The molecule has 11 nitrogen and oxygen atoms in total. The third-order valence-electron chi connectivity index (χ3n) is 4.69. The molecule has 1 aromatic rings. The lowest BCUT2D eigenvalue weighted by Gasteiger charge is -2.24. The maximum atomic E-state index is 12.9. The molecule has 0 heterocycles. The number of carbonyl (C=O) groups is 5. The van der Waals surface area contributed by atoms with Crippen LogP contribution >= 0.6 is 24.4 Å². The van der Waals surface area contributed by atoms with Crippen LogP contribution in [0.15, 0.2) is 30.3 Å². The predicted octanol–water partition coefficient (Wildman–Crippen LogP) is -0.747. The highest BCUT2D eigenvalue weighted by atomic mass is 32.2. The zero-order valence-corrected chi connectivity index (χ0v) is 20.3. The Morgan fingerprint density at radius 3 is 2.03 bits per heavy atom. The van der Waals surface area contributed by atoms with Crippen molar-refractivity contribution in [1.29, 1.82) is 0 Å². The van der Waals surface area contributed by atoms with Gasteiger partial charge in [0.15, 0.2) is 0 Å². The van der Waals surface area contributed by atoms with Gasteiger partial charge in [-0.15, -0.1) is 0 Å². The zero-order valence-electron chi connectivity index (χ0n) is 18.6. The molecule has 1 aromatic carbocycles. The van der Waals surface area contributed by atoms with Crippen molar-refractivity contribution >= 4 is 54.1 Å². The summed E-state index contributed by atoms with van der Waals surface area (Å²) in [6.45, 7) is 0. The molecular formula is C21H30N4O7S2. The molecule has 3 amide bonds. The molecule has 0 radical (unpaired) electrons. The number of rotatable bonds is 15. The maximum Gasteiger partial charge on any atom is 0.326 e. The Hall–Kier alpha value is -2.77. The monoisotopic (exact) mass is 514 g/mol. The van der Waals surface area contributed by atoms with Gasteiger partial charge in [0.05, 0.1) is 12.5 Å². The fourth-order valence-electron chi connectivity index (χ4n) is 2.84. The minimum Gasteiger partial charge on any atom is -0.481 e. The quantitative estimate of drug-likeness (QED) is 0.148. The molecule has 0 spiro atoms. The van der Waals surface area contributed by atoms with Gasteiger partial charge in [0.25, 0.3) is 0 Å². The number of nitrogens with one attached hydrogen (secondary N) is 3. The predicted molar refractivity (Wildman–Crippen MR) is 131 cm³/mol. The highest BCUT2D eigenvalue weighted by molar-refractivity contribution is 7.98. The molecule has 7 N–H and O–H groups in total. The van der Waals surface area contributed by atoms with Crippen LogP contribution in [-0.4, -0.2) is 81.8 Å². The molecule has 4 atom stereocenters. The number of amides is 3. The van der Waals surface area contributed by atoms with Crippen LogP contribution < -0.4 is 21.7 Å². The number of carboxylic acid groups (broad SMARTS) is 2. The SMILES string of the molecule is CSCCC(NC(=O)C(CC(=O)O)NC(=O)C(N)CS)C(=O)NC(Cc1ccccc1)C(=O)O. The molecule has 34 heavy (non-hydrogen) atoms. The molecule has 0 aliphatic heterocycles. The van der Waals surface area contributed by atoms with E-state index < -0.39 is 60.2 Å². The van der Waals surface area contributed by atoms with Crippen LogP contribution in [0.1, 0.15) is 18.4 Å². The first-order valence-corrected chi connectivity index (χ1v) is 12.4. The summed E-state index contributed by atoms with van der Waals surface area (Å²) < 4.78 is 0. The van der Waals surface area contributed by atoms with Crippen LogP contribution in [0.25, 0.3) is 0 Å². The van der Waals surface area contributed by atoms with Gasteiger partial charge in [0.1, 0.15) is 18.1 Å². The van der Waals surface area contributed by atoms with Gasteiger partial charge in [-0.2, -0.15) is 24.4 Å². The Kier molecular flexibility index (Phi) is 13.1. The Morgan fingerprint density at radius 2 is 1.50 bits per heavy atom. The Balaban J connectivity index is 2.97. The zero-order chi connectivity index (χ0) is 25.7. The largest absolute Gasteiger partial charge is 0.481 e. The molecule has 0 aromatic heterocycles. The van der Waals surface area contributed by atoms with Crippen molar-refractivity contribution in [2.75, 3.05) is 17.8 Å². The van der Waals surface area contributed by atoms with E-state index in [1.807, 2.05) is 0 Å². The Labute approximate surface area is 207 Å². The number of carboxylic acids is 2. The van der Waals surface area contributed by atoms with Crippen molar-refractivity contribution in [1.82, 2.24) is 16.0 Å². The first kappa shape index (κ1) is 29.3. The molecule has 0 saturated heterocycles. The van der Waals surface area contributed by atoms with Gasteiger partial charge in [-0.25, -0.2) is 4.79 Å². The van der Waals surface area contributed by atoms with E-state index in [4.69, 9.17) is 10.8 Å². The van der Waals surface area contributed by atoms with Crippen molar-refractivity contribution in [3.05, 3.63) is 35.9 Å². The van der Waals surface area contributed by atoms with E-state index in [-0.39, 0.29) is 18.6 Å². The molecule has 0 bridgehead atoms. The van der Waals surface area contributed by atoms with Gasteiger partial charge in [-0.3, -0.25) is 19.2 Å². The summed E-state index contributed by atoms with van der Waals surface area (Å²) in [5, 5.41) is 25.8. The van der Waals surface area contributed by atoms with E-state index in [9.17, 15) is 29.1 Å². The van der Waals surface area contributed by atoms with Gasteiger partial charge in [-0.1, -0.05) is 30.3 Å². The highest BCUT2D eigenvalue weighted by Gasteiger charge is 2.31. The normalized spacial score (nSPS) is 14.2. The number of thioether (sulfide) groups is 1. The number of benzene rings is 1. The van der Waals surface area contributed by atoms with Crippen LogP contribution in [0.5, 0.6) is 0 Å². The first-order valence-electron chi connectivity index (χ1n) is 10.3. The van der Waals surface area contributed by atoms with Crippen LogP contribution in [0.4, 0.5) is 0 Å². The Bertz CT molecular complexity index is 857. The average Bonchev–Trinajstić information content (AvgIpc) is 2.80. The molecule has 188 valence electrons. The van der Waals surface area contributed by atoms with Crippen LogP contribution in [0.2, 0.25) is 0 Å². The summed E-state index contributed by atoms with van der Waals surface area (Å²) in [6, 6.07) is 3.78. The van der Waals surface area contributed by atoms with Gasteiger partial charge in [-0.05, 0) is 24.0 Å². The second-order valence-electron chi connectivity index (χ2n) is 7.38. The average molecular weight is 515 g/mol. The lowest BCUT2D eigenvalue weighted by Crippen LogP contribution is -2.58. The Morgan fingerprint density at radius 1 is 0.941 bits per heavy atom. The third kappa shape index (κ3) is 10.4. The third-order valence-corrected chi connectivity index (χ3v) is 5.72. The molecule has 4 unspecified atom stereocenters. The highest BCUT2D eigenvalue weighted by Crippen LogP contribution is 2.07. The number of thiol groups is 1. The van der Waals surface area contributed by atoms with Crippen molar-refractivity contribution in [2.24, 2.45) is 5.73 Å². The topological polar surface area (TPSA) is 188 Å². The summed E-state index contributed by atoms with van der Waals surface area (Å²) in [5.74, 6) is -4.58. The van der Waals surface area contributed by atoms with E-state index >= 15 is 0 Å². The van der Waals surface area contributed by atoms with Crippen molar-refractivity contribution in [2.45, 2.75) is 43.4 Å². The number of carbonyl (C=O) groups excluding carboxylic acids is 3. The number of nitrogens with two attached hydrogens (primary N) is 1. The van der Waals surface area contributed by atoms with Crippen molar-refractivity contribution < 1.29 is 34.2 Å². The fraction of sp³-hybridized carbons (Fsp3) is 0.476. The lowest BCUT2D eigenvalue weighted by molar-refractivity contribution is -0.143. The second kappa shape index (κ2) is 15.2. The van der Waals surface area contributed by atoms with Gasteiger partial charge in [0, 0.05) is 12.2 Å². The van der Waals surface area contributed by atoms with Gasteiger partial charge < -0.3 is 31.9 Å². The lowest BCUT2D eigenvalue weighted by atomic mass is 10.0. The molecule has 13 heteroatoms. The van der Waals surface area contributed by atoms with Crippen LogP contribution in [0.3, 0.4) is 0 Å². The minimum absolute atomic E-state index is 0.0238. The molecule has 0 saturated carbocycles. The summed E-state index contributed by atoms with van der Waals surface area (Å²) >= 11 is 5.30. The van der Waals surface area contributed by atoms with Crippen LogP contribution in [-0.2, 0) is 30.4 Å². The van der Waals surface area contributed by atoms with E-state index in [0.717, 1.165) is 0 Å². The van der Waals surface area contributed by atoms with Gasteiger partial charge >= 0.3 is 11.9 Å².